The molecule has 0 spiro atoms. The lowest BCUT2D eigenvalue weighted by Crippen LogP contribution is -2.23. The topological polar surface area (TPSA) is 50.7 Å². The lowest BCUT2D eigenvalue weighted by Gasteiger charge is -2.15. The molecule has 4 heteroatoms. The molecule has 2 atom stereocenters. The summed E-state index contributed by atoms with van der Waals surface area (Å²) in [4.78, 5) is 0. The smallest absolute Gasteiger partial charge is 0.119 e. The van der Waals surface area contributed by atoms with Crippen molar-refractivity contribution in [3.05, 3.63) is 29.8 Å². The maximum atomic E-state index is 9.77. The van der Waals surface area contributed by atoms with E-state index < -0.39 is 6.10 Å². The summed E-state index contributed by atoms with van der Waals surface area (Å²) >= 11 is 0. The largest absolute Gasteiger partial charge is 0.491 e. The molecule has 0 bridgehead atoms. The SMILES string of the molecule is CCCCOCC(O)COc1cccc(C(C)NC)c1. The maximum absolute atomic E-state index is 9.77. The van der Waals surface area contributed by atoms with Crippen LogP contribution in [0, 0.1) is 0 Å². The Bertz CT molecular complexity index is 370. The number of nitrogens with one attached hydrogen (secondary N) is 1. The maximum Gasteiger partial charge on any atom is 0.119 e. The summed E-state index contributed by atoms with van der Waals surface area (Å²) in [5.41, 5.74) is 1.17. The molecule has 114 valence electrons. The molecule has 20 heavy (non-hydrogen) atoms. The van der Waals surface area contributed by atoms with Gasteiger partial charge in [-0.1, -0.05) is 25.5 Å². The number of aliphatic hydroxyl groups excluding tert-OH is 1. The highest BCUT2D eigenvalue weighted by Gasteiger charge is 2.07. The highest BCUT2D eigenvalue weighted by atomic mass is 16.5. The van der Waals surface area contributed by atoms with Crippen LogP contribution in [0.15, 0.2) is 24.3 Å². The predicted octanol–water partition coefficient (Wildman–Crippen LogP) is 2.52. The molecule has 0 heterocycles. The summed E-state index contributed by atoms with van der Waals surface area (Å²) < 4.78 is 11.0. The van der Waals surface area contributed by atoms with Crippen LogP contribution in [0.3, 0.4) is 0 Å². The first kappa shape index (κ1) is 17.0. The van der Waals surface area contributed by atoms with Crippen LogP contribution in [0.25, 0.3) is 0 Å². The van der Waals surface area contributed by atoms with Crippen molar-refractivity contribution in [2.45, 2.75) is 38.8 Å². The van der Waals surface area contributed by atoms with Gasteiger partial charge in [-0.15, -0.1) is 0 Å². The van der Waals surface area contributed by atoms with Crippen LogP contribution in [0.5, 0.6) is 5.75 Å². The minimum Gasteiger partial charge on any atom is -0.491 e. The fourth-order valence-electron chi connectivity index (χ4n) is 1.75. The summed E-state index contributed by atoms with van der Waals surface area (Å²) in [7, 11) is 1.93. The van der Waals surface area contributed by atoms with Gasteiger partial charge in [0, 0.05) is 12.6 Å². The summed E-state index contributed by atoms with van der Waals surface area (Å²) in [6, 6.07) is 8.18. The first-order valence-corrected chi connectivity index (χ1v) is 7.33. The molecule has 2 unspecified atom stereocenters. The van der Waals surface area contributed by atoms with Crippen LogP contribution in [0.1, 0.15) is 38.3 Å². The van der Waals surface area contributed by atoms with Gasteiger partial charge in [0.05, 0.1) is 6.61 Å². The molecule has 0 aromatic heterocycles. The molecule has 0 aliphatic carbocycles. The molecular weight excluding hydrogens is 254 g/mol. The van der Waals surface area contributed by atoms with E-state index >= 15 is 0 Å². The van der Waals surface area contributed by atoms with Crippen molar-refractivity contribution in [3.8, 4) is 5.75 Å². The predicted molar refractivity (Wildman–Crippen MR) is 81.1 cm³/mol. The van der Waals surface area contributed by atoms with E-state index in [9.17, 15) is 5.11 Å². The molecule has 2 N–H and O–H groups in total. The van der Waals surface area contributed by atoms with Crippen molar-refractivity contribution >= 4 is 0 Å². The van der Waals surface area contributed by atoms with Crippen LogP contribution >= 0.6 is 0 Å². The minimum absolute atomic E-state index is 0.253. The van der Waals surface area contributed by atoms with Crippen molar-refractivity contribution in [1.82, 2.24) is 5.32 Å². The molecule has 1 rings (SSSR count). The molecule has 0 saturated carbocycles. The van der Waals surface area contributed by atoms with E-state index in [1.54, 1.807) is 0 Å². The second kappa shape index (κ2) is 9.75. The summed E-state index contributed by atoms with van der Waals surface area (Å²) in [5, 5.41) is 13.0. The van der Waals surface area contributed by atoms with E-state index in [4.69, 9.17) is 9.47 Å². The van der Waals surface area contributed by atoms with Gasteiger partial charge in [-0.3, -0.25) is 0 Å². The van der Waals surface area contributed by atoms with Gasteiger partial charge in [0.25, 0.3) is 0 Å². The van der Waals surface area contributed by atoms with Crippen molar-refractivity contribution in [3.63, 3.8) is 0 Å². The van der Waals surface area contributed by atoms with Crippen LogP contribution in [-0.4, -0.2) is 38.1 Å². The van der Waals surface area contributed by atoms with E-state index in [2.05, 4.69) is 25.2 Å². The van der Waals surface area contributed by atoms with Crippen molar-refractivity contribution < 1.29 is 14.6 Å². The molecule has 1 aromatic carbocycles. The number of rotatable bonds is 10. The van der Waals surface area contributed by atoms with E-state index in [0.29, 0.717) is 13.2 Å². The normalized spacial score (nSPS) is 14.0. The zero-order valence-corrected chi connectivity index (χ0v) is 12.8. The Balaban J connectivity index is 2.33. The minimum atomic E-state index is -0.586. The van der Waals surface area contributed by atoms with Crippen LogP contribution in [0.4, 0.5) is 0 Å². The van der Waals surface area contributed by atoms with E-state index in [-0.39, 0.29) is 12.6 Å². The fraction of sp³-hybridized carbons (Fsp3) is 0.625. The lowest BCUT2D eigenvalue weighted by molar-refractivity contribution is 0.0113. The van der Waals surface area contributed by atoms with Gasteiger partial charge in [0.1, 0.15) is 18.5 Å². The molecule has 0 saturated heterocycles. The fourth-order valence-corrected chi connectivity index (χ4v) is 1.75. The van der Waals surface area contributed by atoms with Crippen molar-refractivity contribution in [2.24, 2.45) is 0 Å². The Hall–Kier alpha value is -1.10. The number of aliphatic hydroxyl groups is 1. The molecule has 1 aromatic rings. The summed E-state index contributed by atoms with van der Waals surface area (Å²) in [6.07, 6.45) is 1.54. The Morgan fingerprint density at radius 3 is 2.80 bits per heavy atom. The molecule has 0 radical (unpaired) electrons. The first-order chi connectivity index (χ1) is 9.67. The number of hydrogen-bond donors (Lipinski definition) is 2. The van der Waals surface area contributed by atoms with Crippen molar-refractivity contribution in [2.75, 3.05) is 26.9 Å². The van der Waals surface area contributed by atoms with Crippen LogP contribution < -0.4 is 10.1 Å². The van der Waals surface area contributed by atoms with Gasteiger partial charge in [-0.2, -0.15) is 0 Å². The van der Waals surface area contributed by atoms with E-state index in [1.807, 2.05) is 25.2 Å². The first-order valence-electron chi connectivity index (χ1n) is 7.33. The van der Waals surface area contributed by atoms with Crippen LogP contribution in [-0.2, 0) is 4.74 Å². The van der Waals surface area contributed by atoms with Gasteiger partial charge in [-0.25, -0.2) is 0 Å². The van der Waals surface area contributed by atoms with Gasteiger partial charge in [0.2, 0.25) is 0 Å². The second-order valence-electron chi connectivity index (χ2n) is 4.98. The molecule has 0 amide bonds. The number of ether oxygens (including phenoxy) is 2. The van der Waals surface area contributed by atoms with E-state index in [0.717, 1.165) is 18.6 Å². The zero-order chi connectivity index (χ0) is 14.8. The van der Waals surface area contributed by atoms with Crippen LogP contribution in [0.2, 0.25) is 0 Å². The highest BCUT2D eigenvalue weighted by Crippen LogP contribution is 2.18. The summed E-state index contributed by atoms with van der Waals surface area (Å²) in [6.45, 7) is 5.48. The van der Waals surface area contributed by atoms with Gasteiger partial charge in [-0.05, 0) is 38.1 Å². The third-order valence-electron chi connectivity index (χ3n) is 3.19. The molecule has 4 nitrogen and oxygen atoms in total. The Morgan fingerprint density at radius 2 is 2.10 bits per heavy atom. The van der Waals surface area contributed by atoms with Crippen molar-refractivity contribution in [1.29, 1.82) is 0 Å². The number of benzene rings is 1. The standard InChI is InChI=1S/C16H27NO3/c1-4-5-9-19-11-15(18)12-20-16-8-6-7-14(10-16)13(2)17-3/h6-8,10,13,15,17-18H,4-5,9,11-12H2,1-3H3. The Labute approximate surface area is 122 Å². The van der Waals surface area contributed by atoms with Gasteiger partial charge in [0.15, 0.2) is 0 Å². The average molecular weight is 281 g/mol. The molecule has 0 aliphatic heterocycles. The number of hydrogen-bond acceptors (Lipinski definition) is 4. The van der Waals surface area contributed by atoms with E-state index in [1.165, 1.54) is 5.56 Å². The Kier molecular flexibility index (Phi) is 8.26. The number of unbranched alkanes of at least 4 members (excludes halogenated alkanes) is 1. The second-order valence-corrected chi connectivity index (χ2v) is 4.98. The third-order valence-corrected chi connectivity index (χ3v) is 3.19. The van der Waals surface area contributed by atoms with Gasteiger partial charge >= 0.3 is 0 Å². The highest BCUT2D eigenvalue weighted by molar-refractivity contribution is 5.30. The summed E-state index contributed by atoms with van der Waals surface area (Å²) in [5.74, 6) is 0.775. The third kappa shape index (κ3) is 6.37. The lowest BCUT2D eigenvalue weighted by atomic mass is 10.1. The quantitative estimate of drug-likeness (QED) is 0.647. The monoisotopic (exact) mass is 281 g/mol. The average Bonchev–Trinajstić information content (AvgIpc) is 2.49. The Morgan fingerprint density at radius 1 is 1.30 bits per heavy atom. The van der Waals surface area contributed by atoms with Gasteiger partial charge < -0.3 is 19.9 Å². The molecular formula is C16H27NO3. The molecule has 0 aliphatic rings. The zero-order valence-electron chi connectivity index (χ0n) is 12.8. The molecule has 0 fully saturated rings.